The number of aryl methyl sites for hydroxylation is 1. The highest BCUT2D eigenvalue weighted by Crippen LogP contribution is 2.35. The van der Waals surface area contributed by atoms with Crippen LogP contribution in [0.3, 0.4) is 0 Å². The molecule has 0 N–H and O–H groups in total. The predicted molar refractivity (Wildman–Crippen MR) is 69.0 cm³/mol. The standard InChI is InChI=1S/C13H11ClN2O2/c1-16-7-8(10(17)5-6-15)12-9(14)3-4-11(18-2)13(12)16/h3-4,7H,5H2,1-2H3. The van der Waals surface area contributed by atoms with Gasteiger partial charge >= 0.3 is 0 Å². The first-order valence-electron chi connectivity index (χ1n) is 5.31. The van der Waals surface area contributed by atoms with Crippen LogP contribution in [0.15, 0.2) is 18.3 Å². The molecule has 0 atom stereocenters. The number of methoxy groups -OCH3 is 1. The second-order valence-corrected chi connectivity index (χ2v) is 4.29. The maximum absolute atomic E-state index is 11.9. The molecular weight excluding hydrogens is 252 g/mol. The van der Waals surface area contributed by atoms with E-state index in [1.807, 2.05) is 13.1 Å². The molecule has 0 aliphatic heterocycles. The monoisotopic (exact) mass is 262 g/mol. The summed E-state index contributed by atoms with van der Waals surface area (Å²) in [6.45, 7) is 0. The van der Waals surface area contributed by atoms with E-state index in [0.29, 0.717) is 21.7 Å². The first-order chi connectivity index (χ1) is 8.60. The van der Waals surface area contributed by atoms with Crippen molar-refractivity contribution in [3.63, 3.8) is 0 Å². The summed E-state index contributed by atoms with van der Waals surface area (Å²) in [5.74, 6) is 0.408. The third kappa shape index (κ3) is 1.83. The van der Waals surface area contributed by atoms with Crippen molar-refractivity contribution in [1.82, 2.24) is 4.57 Å². The number of nitriles is 1. The van der Waals surface area contributed by atoms with E-state index in [2.05, 4.69) is 0 Å². The molecule has 4 nitrogen and oxygen atoms in total. The minimum atomic E-state index is -0.238. The van der Waals surface area contributed by atoms with E-state index >= 15 is 0 Å². The molecule has 0 radical (unpaired) electrons. The number of Topliss-reactive ketones (excluding diaryl/α,β-unsaturated/α-hetero) is 1. The minimum absolute atomic E-state index is 0.160. The molecule has 0 unspecified atom stereocenters. The van der Waals surface area contributed by atoms with E-state index in [0.717, 1.165) is 5.52 Å². The maximum Gasteiger partial charge on any atom is 0.179 e. The van der Waals surface area contributed by atoms with E-state index in [9.17, 15) is 4.79 Å². The van der Waals surface area contributed by atoms with Crippen LogP contribution in [0.1, 0.15) is 16.8 Å². The molecule has 0 aliphatic rings. The zero-order chi connectivity index (χ0) is 13.3. The number of aromatic nitrogens is 1. The molecule has 0 spiro atoms. The Hall–Kier alpha value is -1.99. The van der Waals surface area contributed by atoms with Crippen LogP contribution in [0, 0.1) is 11.3 Å². The quantitative estimate of drug-likeness (QED) is 0.799. The van der Waals surface area contributed by atoms with Gasteiger partial charge in [-0.1, -0.05) is 11.6 Å². The second-order valence-electron chi connectivity index (χ2n) is 3.88. The molecule has 5 heteroatoms. The highest BCUT2D eigenvalue weighted by Gasteiger charge is 2.18. The molecule has 2 aromatic rings. The molecule has 1 aromatic carbocycles. The second kappa shape index (κ2) is 4.71. The van der Waals surface area contributed by atoms with E-state index in [4.69, 9.17) is 21.6 Å². The molecule has 0 saturated carbocycles. The molecule has 0 fully saturated rings. The molecule has 0 bridgehead atoms. The lowest BCUT2D eigenvalue weighted by Crippen LogP contribution is -1.96. The van der Waals surface area contributed by atoms with E-state index < -0.39 is 0 Å². The normalized spacial score (nSPS) is 10.3. The molecule has 92 valence electrons. The number of hydrogen-bond acceptors (Lipinski definition) is 3. The van der Waals surface area contributed by atoms with Crippen LogP contribution in [0.5, 0.6) is 5.75 Å². The Balaban J connectivity index is 2.78. The van der Waals surface area contributed by atoms with Crippen LogP contribution >= 0.6 is 11.6 Å². The van der Waals surface area contributed by atoms with Crippen molar-refractivity contribution in [2.45, 2.75) is 6.42 Å². The van der Waals surface area contributed by atoms with E-state index in [1.165, 1.54) is 0 Å². The number of rotatable bonds is 3. The lowest BCUT2D eigenvalue weighted by atomic mass is 10.1. The molecule has 18 heavy (non-hydrogen) atoms. The van der Waals surface area contributed by atoms with Crippen molar-refractivity contribution in [2.24, 2.45) is 7.05 Å². The van der Waals surface area contributed by atoms with Crippen LogP contribution in [0.2, 0.25) is 5.02 Å². The summed E-state index contributed by atoms with van der Waals surface area (Å²) < 4.78 is 7.04. The van der Waals surface area contributed by atoms with Gasteiger partial charge in [0.25, 0.3) is 0 Å². The first-order valence-corrected chi connectivity index (χ1v) is 5.69. The average molecular weight is 263 g/mol. The number of carbonyl (C=O) groups excluding carboxylic acids is 1. The van der Waals surface area contributed by atoms with Crippen molar-refractivity contribution in [3.8, 4) is 11.8 Å². The highest BCUT2D eigenvalue weighted by molar-refractivity contribution is 6.37. The summed E-state index contributed by atoms with van der Waals surface area (Å²) in [7, 11) is 3.37. The van der Waals surface area contributed by atoms with E-state index in [-0.39, 0.29) is 12.2 Å². The molecule has 1 aromatic heterocycles. The average Bonchev–Trinajstić information content (AvgIpc) is 2.70. The van der Waals surface area contributed by atoms with Crippen molar-refractivity contribution in [1.29, 1.82) is 5.26 Å². The van der Waals surface area contributed by atoms with Gasteiger partial charge in [-0.25, -0.2) is 0 Å². The number of carbonyl (C=O) groups is 1. The largest absolute Gasteiger partial charge is 0.495 e. The summed E-state index contributed by atoms with van der Waals surface area (Å²) in [5, 5.41) is 9.73. The third-order valence-corrected chi connectivity index (χ3v) is 3.11. The topological polar surface area (TPSA) is 55.0 Å². The summed E-state index contributed by atoms with van der Waals surface area (Å²) in [5.41, 5.74) is 1.21. The van der Waals surface area contributed by atoms with Crippen LogP contribution < -0.4 is 4.74 Å². The maximum atomic E-state index is 11.9. The Bertz CT molecular complexity index is 668. The third-order valence-electron chi connectivity index (χ3n) is 2.79. The fraction of sp³-hybridized carbons (Fsp3) is 0.231. The fourth-order valence-electron chi connectivity index (χ4n) is 2.02. The summed E-state index contributed by atoms with van der Waals surface area (Å²) >= 11 is 6.14. The van der Waals surface area contributed by atoms with Gasteiger partial charge in [-0.05, 0) is 12.1 Å². The number of nitrogens with zero attached hydrogens (tertiary/aromatic N) is 2. The van der Waals surface area contributed by atoms with Crippen LogP contribution in [-0.2, 0) is 7.05 Å². The Labute approximate surface area is 109 Å². The lowest BCUT2D eigenvalue weighted by Gasteiger charge is -2.05. The van der Waals surface area contributed by atoms with Gasteiger partial charge in [-0.15, -0.1) is 0 Å². The highest BCUT2D eigenvalue weighted by atomic mass is 35.5. The van der Waals surface area contributed by atoms with Gasteiger partial charge in [-0.3, -0.25) is 4.79 Å². The smallest absolute Gasteiger partial charge is 0.179 e. The Kier molecular flexibility index (Phi) is 3.26. The number of halogens is 1. The van der Waals surface area contributed by atoms with Gasteiger partial charge in [-0.2, -0.15) is 5.26 Å². The van der Waals surface area contributed by atoms with Gasteiger partial charge in [0, 0.05) is 24.2 Å². The molecule has 0 saturated heterocycles. The number of benzene rings is 1. The summed E-state index contributed by atoms with van der Waals surface area (Å²) in [6, 6.07) is 5.29. The minimum Gasteiger partial charge on any atom is -0.495 e. The Morgan fingerprint density at radius 2 is 2.28 bits per heavy atom. The predicted octanol–water partition coefficient (Wildman–Crippen LogP) is 2.94. The number of fused-ring (bicyclic) bond motifs is 1. The van der Waals surface area contributed by atoms with Gasteiger partial charge in [0.15, 0.2) is 5.78 Å². The first kappa shape index (κ1) is 12.5. The summed E-state index contributed by atoms with van der Waals surface area (Å²) in [6.07, 6.45) is 1.52. The summed E-state index contributed by atoms with van der Waals surface area (Å²) in [4.78, 5) is 11.9. The fourth-order valence-corrected chi connectivity index (χ4v) is 2.27. The lowest BCUT2D eigenvalue weighted by molar-refractivity contribution is 0.0999. The van der Waals surface area contributed by atoms with Gasteiger partial charge < -0.3 is 9.30 Å². The van der Waals surface area contributed by atoms with Gasteiger partial charge in [0.1, 0.15) is 5.75 Å². The van der Waals surface area contributed by atoms with Crippen molar-refractivity contribution < 1.29 is 9.53 Å². The van der Waals surface area contributed by atoms with Gasteiger partial charge in [0.2, 0.25) is 0 Å². The number of hydrogen-bond donors (Lipinski definition) is 0. The molecule has 2 rings (SSSR count). The van der Waals surface area contributed by atoms with Crippen molar-refractivity contribution >= 4 is 28.3 Å². The molecule has 0 amide bonds. The zero-order valence-electron chi connectivity index (χ0n) is 10.0. The van der Waals surface area contributed by atoms with Crippen LogP contribution in [0.4, 0.5) is 0 Å². The van der Waals surface area contributed by atoms with Crippen LogP contribution in [-0.4, -0.2) is 17.5 Å². The van der Waals surface area contributed by atoms with Crippen molar-refractivity contribution in [3.05, 3.63) is 28.9 Å². The zero-order valence-corrected chi connectivity index (χ0v) is 10.8. The molecular formula is C13H11ClN2O2. The Morgan fingerprint density at radius 1 is 1.56 bits per heavy atom. The number of ketones is 1. The van der Waals surface area contributed by atoms with Crippen molar-refractivity contribution in [2.75, 3.05) is 7.11 Å². The Morgan fingerprint density at radius 3 is 2.89 bits per heavy atom. The molecule has 1 heterocycles. The van der Waals surface area contributed by atoms with Crippen LogP contribution in [0.25, 0.3) is 10.9 Å². The molecule has 0 aliphatic carbocycles. The van der Waals surface area contributed by atoms with E-state index in [1.54, 1.807) is 30.0 Å². The SMILES string of the molecule is COc1ccc(Cl)c2c(C(=O)CC#N)cn(C)c12. The number of ether oxygens (including phenoxy) is 1. The van der Waals surface area contributed by atoms with Gasteiger partial charge in [0.05, 0.1) is 30.1 Å².